The number of halogens is 1. The van der Waals surface area contributed by atoms with E-state index in [0.717, 1.165) is 6.42 Å². The van der Waals surface area contributed by atoms with Crippen LogP contribution in [0.1, 0.15) is 42.1 Å². The number of rotatable bonds is 5. The average molecular weight is 333 g/mol. The Hall–Kier alpha value is -2.40. The van der Waals surface area contributed by atoms with Crippen molar-refractivity contribution in [3.63, 3.8) is 0 Å². The lowest BCUT2D eigenvalue weighted by Crippen LogP contribution is -2.12. The molecule has 0 aromatic heterocycles. The second-order valence-corrected chi connectivity index (χ2v) is 5.71. The lowest BCUT2D eigenvalue weighted by atomic mass is 9.98. The van der Waals surface area contributed by atoms with Crippen molar-refractivity contribution in [1.29, 1.82) is 0 Å². The van der Waals surface area contributed by atoms with Gasteiger partial charge in [-0.3, -0.25) is 14.9 Å². The monoisotopic (exact) mass is 332 g/mol. The fourth-order valence-electron chi connectivity index (χ4n) is 2.13. The lowest BCUT2D eigenvalue weighted by molar-refractivity contribution is -0.384. The van der Waals surface area contributed by atoms with E-state index in [0.29, 0.717) is 11.6 Å². The van der Waals surface area contributed by atoms with E-state index in [-0.39, 0.29) is 16.3 Å². The first-order valence-corrected chi connectivity index (χ1v) is 7.65. The summed E-state index contributed by atoms with van der Waals surface area (Å²) < 4.78 is 0. The average Bonchev–Trinajstić information content (AvgIpc) is 2.54. The number of carbonyl (C=O) groups excluding carboxylic acids is 1. The summed E-state index contributed by atoms with van der Waals surface area (Å²) in [7, 11) is 0. The van der Waals surface area contributed by atoms with Gasteiger partial charge in [0.1, 0.15) is 0 Å². The highest BCUT2D eigenvalue weighted by Gasteiger charge is 2.15. The first kappa shape index (κ1) is 17.0. The molecule has 120 valence electrons. The molecule has 1 amide bonds. The summed E-state index contributed by atoms with van der Waals surface area (Å²) in [5.41, 5.74) is 1.91. The van der Waals surface area contributed by atoms with Crippen LogP contribution < -0.4 is 5.32 Å². The fourth-order valence-corrected chi connectivity index (χ4v) is 2.39. The van der Waals surface area contributed by atoms with Crippen molar-refractivity contribution in [3.05, 3.63) is 68.7 Å². The minimum Gasteiger partial charge on any atom is -0.322 e. The summed E-state index contributed by atoms with van der Waals surface area (Å²) in [6.07, 6.45) is 1.05. The fraction of sp³-hybridized carbons (Fsp3) is 0.235. The van der Waals surface area contributed by atoms with Crippen LogP contribution in [0.2, 0.25) is 5.02 Å². The number of benzene rings is 2. The van der Waals surface area contributed by atoms with Crippen LogP contribution in [0.3, 0.4) is 0 Å². The van der Waals surface area contributed by atoms with Crippen LogP contribution in [0.4, 0.5) is 11.4 Å². The summed E-state index contributed by atoms with van der Waals surface area (Å²) in [6.45, 7) is 4.27. The molecule has 5 nitrogen and oxygen atoms in total. The molecule has 0 aliphatic carbocycles. The minimum absolute atomic E-state index is 0.0490. The van der Waals surface area contributed by atoms with Crippen LogP contribution in [0.5, 0.6) is 0 Å². The van der Waals surface area contributed by atoms with Gasteiger partial charge in [-0.1, -0.05) is 37.6 Å². The van der Waals surface area contributed by atoms with Crippen molar-refractivity contribution in [2.75, 3.05) is 5.32 Å². The number of non-ortho nitro benzene ring substituents is 1. The van der Waals surface area contributed by atoms with Gasteiger partial charge >= 0.3 is 0 Å². The Morgan fingerprint density at radius 3 is 2.43 bits per heavy atom. The number of nitro groups is 1. The molecule has 23 heavy (non-hydrogen) atoms. The van der Waals surface area contributed by atoms with E-state index in [9.17, 15) is 14.9 Å². The number of hydrogen-bond acceptors (Lipinski definition) is 3. The molecule has 6 heteroatoms. The lowest BCUT2D eigenvalue weighted by Gasteiger charge is -2.11. The minimum atomic E-state index is -0.554. The van der Waals surface area contributed by atoms with Crippen LogP contribution in [0, 0.1) is 10.1 Å². The van der Waals surface area contributed by atoms with Crippen LogP contribution in [-0.2, 0) is 0 Å². The van der Waals surface area contributed by atoms with Gasteiger partial charge in [-0.2, -0.15) is 0 Å². The number of nitro benzene ring substituents is 1. The van der Waals surface area contributed by atoms with Gasteiger partial charge in [0.2, 0.25) is 0 Å². The molecule has 0 aliphatic heterocycles. The van der Waals surface area contributed by atoms with E-state index in [1.807, 2.05) is 24.3 Å². The van der Waals surface area contributed by atoms with Gasteiger partial charge < -0.3 is 5.32 Å². The molecule has 2 aromatic carbocycles. The van der Waals surface area contributed by atoms with Gasteiger partial charge in [-0.05, 0) is 36.1 Å². The van der Waals surface area contributed by atoms with Crippen molar-refractivity contribution in [2.45, 2.75) is 26.2 Å². The summed E-state index contributed by atoms with van der Waals surface area (Å²) in [5, 5.41) is 13.5. The topological polar surface area (TPSA) is 72.2 Å². The van der Waals surface area contributed by atoms with E-state index in [4.69, 9.17) is 11.6 Å². The maximum atomic E-state index is 12.2. The Kier molecular flexibility index (Phi) is 5.34. The van der Waals surface area contributed by atoms with Gasteiger partial charge in [0.25, 0.3) is 11.6 Å². The molecule has 0 unspecified atom stereocenters. The van der Waals surface area contributed by atoms with E-state index in [1.54, 1.807) is 0 Å². The van der Waals surface area contributed by atoms with Crippen molar-refractivity contribution < 1.29 is 9.72 Å². The number of amides is 1. The SMILES string of the molecule is CC[C@H](C)c1ccc(NC(=O)c2ccc([N+](=O)[O-])cc2Cl)cc1. The zero-order valence-corrected chi connectivity index (χ0v) is 13.6. The highest BCUT2D eigenvalue weighted by atomic mass is 35.5. The van der Waals surface area contributed by atoms with E-state index in [2.05, 4.69) is 19.2 Å². The maximum absolute atomic E-state index is 12.2. The Morgan fingerprint density at radius 1 is 1.26 bits per heavy atom. The third kappa shape index (κ3) is 4.07. The highest BCUT2D eigenvalue weighted by Crippen LogP contribution is 2.24. The third-order valence-electron chi connectivity index (χ3n) is 3.76. The molecule has 0 bridgehead atoms. The molecule has 0 aliphatic rings. The molecular formula is C17H17ClN2O3. The predicted octanol–water partition coefficient (Wildman–Crippen LogP) is 5.01. The quantitative estimate of drug-likeness (QED) is 0.617. The van der Waals surface area contributed by atoms with E-state index < -0.39 is 10.8 Å². The van der Waals surface area contributed by atoms with Crippen LogP contribution >= 0.6 is 11.6 Å². The zero-order chi connectivity index (χ0) is 17.0. The van der Waals surface area contributed by atoms with Gasteiger partial charge in [0.05, 0.1) is 15.5 Å². The van der Waals surface area contributed by atoms with Crippen LogP contribution in [-0.4, -0.2) is 10.8 Å². The van der Waals surface area contributed by atoms with Crippen molar-refractivity contribution in [1.82, 2.24) is 0 Å². The molecule has 1 N–H and O–H groups in total. The molecule has 0 saturated heterocycles. The molecule has 0 saturated carbocycles. The molecule has 2 aromatic rings. The number of hydrogen-bond donors (Lipinski definition) is 1. The van der Waals surface area contributed by atoms with Crippen LogP contribution in [0.15, 0.2) is 42.5 Å². The van der Waals surface area contributed by atoms with Gasteiger partial charge in [-0.25, -0.2) is 0 Å². The predicted molar refractivity (Wildman–Crippen MR) is 91.2 cm³/mol. The number of carbonyl (C=O) groups is 1. The summed E-state index contributed by atoms with van der Waals surface area (Å²) in [4.78, 5) is 22.4. The molecule has 1 atom stereocenters. The van der Waals surface area contributed by atoms with Gasteiger partial charge in [0.15, 0.2) is 0 Å². The second-order valence-electron chi connectivity index (χ2n) is 5.31. The van der Waals surface area contributed by atoms with E-state index >= 15 is 0 Å². The summed E-state index contributed by atoms with van der Waals surface area (Å²) in [6, 6.07) is 11.4. The van der Waals surface area contributed by atoms with Gasteiger partial charge in [-0.15, -0.1) is 0 Å². The Morgan fingerprint density at radius 2 is 1.91 bits per heavy atom. The van der Waals surface area contributed by atoms with Crippen LogP contribution in [0.25, 0.3) is 0 Å². The highest BCUT2D eigenvalue weighted by molar-refractivity contribution is 6.34. The first-order chi connectivity index (χ1) is 10.9. The number of nitrogens with zero attached hydrogens (tertiary/aromatic N) is 1. The van der Waals surface area contributed by atoms with Gasteiger partial charge in [0, 0.05) is 17.8 Å². The largest absolute Gasteiger partial charge is 0.322 e. The van der Waals surface area contributed by atoms with Crippen molar-refractivity contribution in [3.8, 4) is 0 Å². The third-order valence-corrected chi connectivity index (χ3v) is 4.07. The molecule has 0 heterocycles. The molecule has 2 rings (SSSR count). The Balaban J connectivity index is 2.14. The number of nitrogens with one attached hydrogen (secondary N) is 1. The summed E-state index contributed by atoms with van der Waals surface area (Å²) >= 11 is 5.95. The zero-order valence-electron chi connectivity index (χ0n) is 12.9. The van der Waals surface area contributed by atoms with E-state index in [1.165, 1.54) is 23.8 Å². The standard InChI is InChI=1S/C17H17ClN2O3/c1-3-11(2)12-4-6-13(7-5-12)19-17(21)15-9-8-14(20(22)23)10-16(15)18/h4-11H,3H2,1-2H3,(H,19,21)/t11-/m0/s1. The molecular weight excluding hydrogens is 316 g/mol. The maximum Gasteiger partial charge on any atom is 0.270 e. The molecule has 0 spiro atoms. The molecule has 0 radical (unpaired) electrons. The van der Waals surface area contributed by atoms with Crippen molar-refractivity contribution >= 4 is 28.9 Å². The Bertz CT molecular complexity index is 729. The first-order valence-electron chi connectivity index (χ1n) is 7.27. The molecule has 0 fully saturated rings. The number of anilines is 1. The second kappa shape index (κ2) is 7.24. The summed E-state index contributed by atoms with van der Waals surface area (Å²) in [5.74, 6) is 0.0602. The smallest absolute Gasteiger partial charge is 0.270 e. The normalized spacial score (nSPS) is 11.8. The Labute approximate surface area is 139 Å². The van der Waals surface area contributed by atoms with Crippen molar-refractivity contribution in [2.24, 2.45) is 0 Å².